The van der Waals surface area contributed by atoms with Gasteiger partial charge in [0.25, 0.3) is 0 Å². The van der Waals surface area contributed by atoms with Gasteiger partial charge in [0.1, 0.15) is 0 Å². The molecule has 1 N–H and O–H groups in total. The third kappa shape index (κ3) is 4.79. The summed E-state index contributed by atoms with van der Waals surface area (Å²) < 4.78 is 42.6. The van der Waals surface area contributed by atoms with Crippen molar-refractivity contribution in [3.8, 4) is 5.69 Å². The van der Waals surface area contributed by atoms with Gasteiger partial charge in [-0.1, -0.05) is 17.3 Å². The molecule has 0 aliphatic carbocycles. The molecule has 11 heteroatoms. The highest BCUT2D eigenvalue weighted by Crippen LogP contribution is 2.42. The Balaban J connectivity index is 1.80. The molecule has 0 bridgehead atoms. The molecular weight excluding hydrogens is 447 g/mol. The summed E-state index contributed by atoms with van der Waals surface area (Å²) in [6, 6.07) is 9.61. The minimum absolute atomic E-state index is 0.0265. The van der Waals surface area contributed by atoms with Crippen LogP contribution in [0.5, 0.6) is 0 Å². The number of benzene rings is 2. The highest BCUT2D eigenvalue weighted by Gasteiger charge is 2.36. The van der Waals surface area contributed by atoms with Gasteiger partial charge in [-0.15, -0.1) is 5.10 Å². The first-order chi connectivity index (χ1) is 16.0. The Morgan fingerprint density at radius 3 is 2.56 bits per heavy atom. The molecule has 2 aromatic carbocycles. The molecule has 1 aliphatic heterocycles. The first kappa shape index (κ1) is 23.4. The summed E-state index contributed by atoms with van der Waals surface area (Å²) in [6.07, 6.45) is -2.98. The third-order valence-electron chi connectivity index (χ3n) is 5.28. The van der Waals surface area contributed by atoms with Crippen molar-refractivity contribution in [2.24, 2.45) is 4.99 Å². The van der Waals surface area contributed by atoms with E-state index in [1.165, 1.54) is 25.1 Å². The number of nitrogens with zero attached hydrogens (tertiary/aromatic N) is 6. The lowest BCUT2D eigenvalue weighted by molar-refractivity contribution is -0.137. The Morgan fingerprint density at radius 2 is 1.88 bits per heavy atom. The molecule has 1 aromatic heterocycles. The number of hydrogen-bond donors (Lipinski definition) is 1. The van der Waals surface area contributed by atoms with Gasteiger partial charge in [0.05, 0.1) is 52.3 Å². The van der Waals surface area contributed by atoms with E-state index < -0.39 is 17.6 Å². The van der Waals surface area contributed by atoms with Crippen LogP contribution in [-0.4, -0.2) is 59.7 Å². The molecule has 0 radical (unpaired) electrons. The molecular formula is C23H24F3N7O. The van der Waals surface area contributed by atoms with Crippen LogP contribution in [-0.2, 0) is 17.5 Å². The van der Waals surface area contributed by atoms with E-state index in [4.69, 9.17) is 0 Å². The number of hydrogen-bond acceptors (Lipinski definition) is 6. The van der Waals surface area contributed by atoms with E-state index in [0.717, 1.165) is 17.4 Å². The zero-order valence-corrected chi connectivity index (χ0v) is 19.2. The van der Waals surface area contributed by atoms with Crippen molar-refractivity contribution in [2.45, 2.75) is 19.1 Å². The summed E-state index contributed by atoms with van der Waals surface area (Å²) in [5.74, 6) is -0.442. The lowest BCUT2D eigenvalue weighted by Crippen LogP contribution is -2.18. The van der Waals surface area contributed by atoms with Crippen molar-refractivity contribution in [1.82, 2.24) is 19.9 Å². The second-order valence-electron chi connectivity index (χ2n) is 8.49. The zero-order chi connectivity index (χ0) is 24.6. The predicted octanol–water partition coefficient (Wildman–Crippen LogP) is 3.88. The first-order valence-electron chi connectivity index (χ1n) is 10.5. The number of carbonyl (C=O) groups is 1. The molecule has 0 unspecified atom stereocenters. The van der Waals surface area contributed by atoms with E-state index in [1.54, 1.807) is 16.9 Å². The molecule has 8 nitrogen and oxygen atoms in total. The quantitative estimate of drug-likeness (QED) is 0.611. The number of fused-ring (bicyclic) bond motifs is 1. The fourth-order valence-electron chi connectivity index (χ4n) is 3.79. The van der Waals surface area contributed by atoms with Crippen molar-refractivity contribution < 1.29 is 18.0 Å². The van der Waals surface area contributed by atoms with Crippen LogP contribution in [0.25, 0.3) is 5.69 Å². The zero-order valence-electron chi connectivity index (χ0n) is 19.2. The number of anilines is 2. The first-order valence-corrected chi connectivity index (χ1v) is 10.5. The number of aliphatic imine (C=N–C) groups is 1. The van der Waals surface area contributed by atoms with Crippen molar-refractivity contribution in [3.63, 3.8) is 0 Å². The van der Waals surface area contributed by atoms with E-state index >= 15 is 0 Å². The average Bonchev–Trinajstić information content (AvgIpc) is 3.13. The third-order valence-corrected chi connectivity index (χ3v) is 5.28. The van der Waals surface area contributed by atoms with E-state index in [2.05, 4.69) is 20.6 Å². The average molecular weight is 471 g/mol. The molecule has 0 saturated heterocycles. The molecule has 0 atom stereocenters. The molecule has 2 heterocycles. The molecule has 178 valence electrons. The Hall–Kier alpha value is -3.73. The van der Waals surface area contributed by atoms with Crippen LogP contribution in [0.4, 0.5) is 30.2 Å². The van der Waals surface area contributed by atoms with Crippen LogP contribution < -0.4 is 10.2 Å². The topological polar surface area (TPSA) is 78.7 Å². The Bertz CT molecular complexity index is 1260. The van der Waals surface area contributed by atoms with Crippen molar-refractivity contribution >= 4 is 28.7 Å². The van der Waals surface area contributed by atoms with Gasteiger partial charge in [-0.05, 0) is 43.9 Å². The minimum Gasteiger partial charge on any atom is -0.377 e. The van der Waals surface area contributed by atoms with E-state index in [9.17, 15) is 18.0 Å². The highest BCUT2D eigenvalue weighted by molar-refractivity contribution is 6.17. The maximum Gasteiger partial charge on any atom is 0.418 e. The fraction of sp³-hybridized carbons (Fsp3) is 0.304. The largest absolute Gasteiger partial charge is 0.418 e. The molecule has 34 heavy (non-hydrogen) atoms. The highest BCUT2D eigenvalue weighted by atomic mass is 19.4. The summed E-state index contributed by atoms with van der Waals surface area (Å²) >= 11 is 0. The monoisotopic (exact) mass is 471 g/mol. The summed E-state index contributed by atoms with van der Waals surface area (Å²) in [4.78, 5) is 20.6. The maximum absolute atomic E-state index is 13.6. The van der Waals surface area contributed by atoms with Crippen LogP contribution in [0.2, 0.25) is 0 Å². The summed E-state index contributed by atoms with van der Waals surface area (Å²) in [5, 5.41) is 10.7. The number of halogens is 3. The van der Waals surface area contributed by atoms with Gasteiger partial charge < -0.3 is 15.1 Å². The molecule has 1 aliphatic rings. The van der Waals surface area contributed by atoms with E-state index in [-0.39, 0.29) is 23.5 Å². The Kier molecular flexibility index (Phi) is 6.13. The smallest absolute Gasteiger partial charge is 0.377 e. The van der Waals surface area contributed by atoms with Crippen molar-refractivity contribution in [1.29, 1.82) is 0 Å². The van der Waals surface area contributed by atoms with Crippen LogP contribution >= 0.6 is 0 Å². The van der Waals surface area contributed by atoms with Crippen LogP contribution in [0, 0.1) is 0 Å². The van der Waals surface area contributed by atoms with Gasteiger partial charge in [-0.2, -0.15) is 13.2 Å². The number of nitrogens with one attached hydrogen (secondary N) is 1. The van der Waals surface area contributed by atoms with E-state index in [1.807, 2.05) is 37.2 Å². The Labute approximate surface area is 194 Å². The predicted molar refractivity (Wildman–Crippen MR) is 124 cm³/mol. The number of aromatic nitrogens is 3. The maximum atomic E-state index is 13.6. The fourth-order valence-corrected chi connectivity index (χ4v) is 3.79. The van der Waals surface area contributed by atoms with Crippen molar-refractivity contribution in [2.75, 3.05) is 38.4 Å². The van der Waals surface area contributed by atoms with E-state index in [0.29, 0.717) is 17.8 Å². The molecule has 0 saturated carbocycles. The normalized spacial score (nSPS) is 13.9. The second kappa shape index (κ2) is 8.90. The van der Waals surface area contributed by atoms with Crippen LogP contribution in [0.1, 0.15) is 23.2 Å². The Morgan fingerprint density at radius 1 is 1.12 bits per heavy atom. The van der Waals surface area contributed by atoms with Gasteiger partial charge >= 0.3 is 6.18 Å². The summed E-state index contributed by atoms with van der Waals surface area (Å²) in [5.41, 5.74) is 2.14. The number of rotatable bonds is 5. The number of amides is 1. The number of carbonyl (C=O) groups excluding carboxylic acids is 1. The summed E-state index contributed by atoms with van der Waals surface area (Å²) in [7, 11) is 6.94. The molecule has 4 rings (SSSR count). The lowest BCUT2D eigenvalue weighted by Gasteiger charge is -2.21. The van der Waals surface area contributed by atoms with Gasteiger partial charge in [-0.3, -0.25) is 9.79 Å². The SMILES string of the molecule is CN(C)Cc1cnnn1-c1cccc(C2=Nc3cc(N(C)C)c(C(F)(F)F)cc3NC(=O)C2)c1. The lowest BCUT2D eigenvalue weighted by atomic mass is 10.1. The molecule has 1 amide bonds. The van der Waals surface area contributed by atoms with Crippen LogP contribution in [0.15, 0.2) is 47.6 Å². The molecule has 0 fully saturated rings. The minimum atomic E-state index is -4.57. The van der Waals surface area contributed by atoms with Crippen LogP contribution in [0.3, 0.4) is 0 Å². The van der Waals surface area contributed by atoms with Gasteiger partial charge in [0.2, 0.25) is 5.91 Å². The van der Waals surface area contributed by atoms with Gasteiger partial charge in [0.15, 0.2) is 0 Å². The van der Waals surface area contributed by atoms with Gasteiger partial charge in [-0.25, -0.2) is 4.68 Å². The number of alkyl halides is 3. The standard InChI is InChI=1S/C23H24F3N7O/c1-31(2)13-16-12-27-30-33(16)15-7-5-6-14(8-15)18-11-22(34)29-19-9-17(23(24,25)26)21(32(3)4)10-20(19)28-18/h5-10,12H,11,13H2,1-4H3,(H,29,34). The van der Waals surface area contributed by atoms with Crippen molar-refractivity contribution in [3.05, 3.63) is 59.4 Å². The molecule has 3 aromatic rings. The molecule has 0 spiro atoms. The summed E-state index contributed by atoms with van der Waals surface area (Å²) in [6.45, 7) is 0.628. The van der Waals surface area contributed by atoms with Gasteiger partial charge in [0, 0.05) is 20.6 Å². The second-order valence-corrected chi connectivity index (χ2v) is 8.49.